The van der Waals surface area contributed by atoms with Gasteiger partial charge in [0.2, 0.25) is 0 Å². The molecule has 0 amide bonds. The van der Waals surface area contributed by atoms with Crippen molar-refractivity contribution in [1.29, 1.82) is 0 Å². The first-order valence-electron chi connectivity index (χ1n) is 7.00. The van der Waals surface area contributed by atoms with Crippen molar-refractivity contribution in [1.82, 2.24) is 0 Å². The SMILES string of the molecule is CNc1cc(C)cc(COc2c(Br)cc(CC(=O)O)cc2Br)c1. The average molecular weight is 443 g/mol. The molecule has 0 saturated carbocycles. The second kappa shape index (κ2) is 7.84. The molecule has 0 aromatic heterocycles. The van der Waals surface area contributed by atoms with Crippen LogP contribution in [0.5, 0.6) is 5.75 Å². The van der Waals surface area contributed by atoms with Gasteiger partial charge in [-0.05, 0) is 79.7 Å². The first-order valence-corrected chi connectivity index (χ1v) is 8.58. The minimum absolute atomic E-state index is 0.0269. The molecule has 0 spiro atoms. The lowest BCUT2D eigenvalue weighted by Crippen LogP contribution is -2.02. The maximum absolute atomic E-state index is 10.8. The average Bonchev–Trinajstić information content (AvgIpc) is 2.45. The van der Waals surface area contributed by atoms with Crippen molar-refractivity contribution in [3.05, 3.63) is 56.0 Å². The van der Waals surface area contributed by atoms with Gasteiger partial charge in [0.15, 0.2) is 0 Å². The third-order valence-corrected chi connectivity index (χ3v) is 4.40. The number of carboxylic acid groups (broad SMARTS) is 1. The van der Waals surface area contributed by atoms with E-state index in [2.05, 4.69) is 49.3 Å². The van der Waals surface area contributed by atoms with Crippen LogP contribution in [0.3, 0.4) is 0 Å². The van der Waals surface area contributed by atoms with Crippen LogP contribution < -0.4 is 10.1 Å². The van der Waals surface area contributed by atoms with E-state index in [4.69, 9.17) is 9.84 Å². The number of rotatable bonds is 6. The zero-order valence-corrected chi connectivity index (χ0v) is 16.0. The van der Waals surface area contributed by atoms with Crippen molar-refractivity contribution in [3.8, 4) is 5.75 Å². The number of carbonyl (C=O) groups is 1. The van der Waals surface area contributed by atoms with Crippen LogP contribution in [-0.2, 0) is 17.8 Å². The largest absolute Gasteiger partial charge is 0.487 e. The number of hydrogen-bond donors (Lipinski definition) is 2. The Bertz CT molecular complexity index is 709. The molecule has 2 aromatic rings. The predicted molar refractivity (Wildman–Crippen MR) is 98.2 cm³/mol. The molecule has 0 bridgehead atoms. The molecule has 0 aliphatic heterocycles. The summed E-state index contributed by atoms with van der Waals surface area (Å²) in [6.07, 6.45) is -0.0269. The van der Waals surface area contributed by atoms with Gasteiger partial charge in [0.1, 0.15) is 12.4 Å². The Morgan fingerprint density at radius 2 is 1.78 bits per heavy atom. The maximum atomic E-state index is 10.8. The fraction of sp³-hybridized carbons (Fsp3) is 0.235. The predicted octanol–water partition coefficient (Wildman–Crippen LogP) is 4.77. The van der Waals surface area contributed by atoms with Gasteiger partial charge in [-0.25, -0.2) is 0 Å². The van der Waals surface area contributed by atoms with Crippen LogP contribution in [-0.4, -0.2) is 18.1 Å². The lowest BCUT2D eigenvalue weighted by molar-refractivity contribution is -0.136. The standard InChI is InChI=1S/C17H17Br2NO3/c1-10-3-12(5-13(4-10)20-2)9-23-17-14(18)6-11(7-15(17)19)8-16(21)22/h3-7,20H,8-9H2,1-2H3,(H,21,22). The summed E-state index contributed by atoms with van der Waals surface area (Å²) in [6, 6.07) is 9.71. The summed E-state index contributed by atoms with van der Waals surface area (Å²) < 4.78 is 7.35. The van der Waals surface area contributed by atoms with E-state index in [1.165, 1.54) is 0 Å². The monoisotopic (exact) mass is 441 g/mol. The molecule has 0 saturated heterocycles. The van der Waals surface area contributed by atoms with E-state index in [9.17, 15) is 4.79 Å². The topological polar surface area (TPSA) is 58.6 Å². The van der Waals surface area contributed by atoms with Gasteiger partial charge in [0.25, 0.3) is 0 Å². The zero-order valence-electron chi connectivity index (χ0n) is 12.8. The molecule has 0 aliphatic rings. The molecular formula is C17H17Br2NO3. The minimum Gasteiger partial charge on any atom is -0.487 e. The molecule has 2 N–H and O–H groups in total. The Hall–Kier alpha value is -1.53. The van der Waals surface area contributed by atoms with Crippen LogP contribution in [0.1, 0.15) is 16.7 Å². The summed E-state index contributed by atoms with van der Waals surface area (Å²) in [4.78, 5) is 10.8. The lowest BCUT2D eigenvalue weighted by Gasteiger charge is -2.13. The molecule has 23 heavy (non-hydrogen) atoms. The van der Waals surface area contributed by atoms with Crippen LogP contribution in [0.15, 0.2) is 39.3 Å². The fourth-order valence-corrected chi connectivity index (χ4v) is 3.78. The van der Waals surface area contributed by atoms with E-state index in [0.717, 1.165) is 25.8 Å². The molecule has 6 heteroatoms. The van der Waals surface area contributed by atoms with E-state index in [-0.39, 0.29) is 6.42 Å². The molecule has 0 aliphatic carbocycles. The second-order valence-electron chi connectivity index (χ2n) is 5.21. The van der Waals surface area contributed by atoms with Crippen molar-refractivity contribution in [2.45, 2.75) is 20.0 Å². The van der Waals surface area contributed by atoms with E-state index in [1.807, 2.05) is 20.0 Å². The Morgan fingerprint density at radius 1 is 1.13 bits per heavy atom. The summed E-state index contributed by atoms with van der Waals surface area (Å²) in [5.74, 6) is -0.205. The molecular weight excluding hydrogens is 426 g/mol. The Balaban J connectivity index is 2.17. The number of benzene rings is 2. The molecule has 0 fully saturated rings. The van der Waals surface area contributed by atoms with Gasteiger partial charge in [-0.3, -0.25) is 4.79 Å². The number of aryl methyl sites for hydroxylation is 1. The van der Waals surface area contributed by atoms with Gasteiger partial charge in [0, 0.05) is 12.7 Å². The van der Waals surface area contributed by atoms with Crippen LogP contribution in [0, 0.1) is 6.92 Å². The van der Waals surface area contributed by atoms with Crippen LogP contribution in [0.4, 0.5) is 5.69 Å². The summed E-state index contributed by atoms with van der Waals surface area (Å²) in [7, 11) is 1.88. The zero-order chi connectivity index (χ0) is 17.0. The van der Waals surface area contributed by atoms with Gasteiger partial charge < -0.3 is 15.2 Å². The fourth-order valence-electron chi connectivity index (χ4n) is 2.27. The Kier molecular flexibility index (Phi) is 6.07. The summed E-state index contributed by atoms with van der Waals surface area (Å²) in [5, 5.41) is 12.0. The van der Waals surface area contributed by atoms with Crippen molar-refractivity contribution < 1.29 is 14.6 Å². The van der Waals surface area contributed by atoms with Crippen molar-refractivity contribution in [2.75, 3.05) is 12.4 Å². The number of nitrogens with one attached hydrogen (secondary N) is 1. The minimum atomic E-state index is -0.864. The Morgan fingerprint density at radius 3 is 2.35 bits per heavy atom. The molecule has 2 rings (SSSR count). The first kappa shape index (κ1) is 17.8. The maximum Gasteiger partial charge on any atom is 0.307 e. The molecule has 0 unspecified atom stereocenters. The van der Waals surface area contributed by atoms with E-state index < -0.39 is 5.97 Å². The highest BCUT2D eigenvalue weighted by Gasteiger charge is 2.11. The molecule has 0 heterocycles. The third-order valence-electron chi connectivity index (χ3n) is 3.22. The van der Waals surface area contributed by atoms with Gasteiger partial charge in [-0.1, -0.05) is 6.07 Å². The van der Waals surface area contributed by atoms with Gasteiger partial charge in [-0.15, -0.1) is 0 Å². The van der Waals surface area contributed by atoms with Crippen molar-refractivity contribution >= 4 is 43.5 Å². The number of carboxylic acids is 1. The van der Waals surface area contributed by atoms with E-state index in [1.54, 1.807) is 12.1 Å². The second-order valence-corrected chi connectivity index (χ2v) is 6.91. The third kappa shape index (κ3) is 4.97. The Labute approximate surface area is 152 Å². The summed E-state index contributed by atoms with van der Waals surface area (Å²) >= 11 is 6.89. The van der Waals surface area contributed by atoms with E-state index in [0.29, 0.717) is 17.9 Å². The number of hydrogen-bond acceptors (Lipinski definition) is 3. The quantitative estimate of drug-likeness (QED) is 0.676. The highest BCUT2D eigenvalue weighted by Crippen LogP contribution is 2.35. The highest BCUT2D eigenvalue weighted by molar-refractivity contribution is 9.11. The molecule has 0 radical (unpaired) electrons. The number of halogens is 2. The molecule has 2 aromatic carbocycles. The van der Waals surface area contributed by atoms with Crippen LogP contribution >= 0.6 is 31.9 Å². The molecule has 122 valence electrons. The molecule has 0 atom stereocenters. The lowest BCUT2D eigenvalue weighted by atomic mass is 10.1. The summed E-state index contributed by atoms with van der Waals surface area (Å²) in [5.41, 5.74) is 3.96. The smallest absolute Gasteiger partial charge is 0.307 e. The van der Waals surface area contributed by atoms with Gasteiger partial charge in [0.05, 0.1) is 15.4 Å². The van der Waals surface area contributed by atoms with E-state index >= 15 is 0 Å². The number of anilines is 1. The summed E-state index contributed by atoms with van der Waals surface area (Å²) in [6.45, 7) is 2.46. The van der Waals surface area contributed by atoms with Crippen molar-refractivity contribution in [2.24, 2.45) is 0 Å². The first-order chi connectivity index (χ1) is 10.9. The number of aliphatic carboxylic acids is 1. The number of ether oxygens (including phenoxy) is 1. The van der Waals surface area contributed by atoms with Gasteiger partial charge in [-0.2, -0.15) is 0 Å². The molecule has 4 nitrogen and oxygen atoms in total. The highest BCUT2D eigenvalue weighted by atomic mass is 79.9. The van der Waals surface area contributed by atoms with Crippen molar-refractivity contribution in [3.63, 3.8) is 0 Å². The van der Waals surface area contributed by atoms with Crippen LogP contribution in [0.2, 0.25) is 0 Å². The van der Waals surface area contributed by atoms with Crippen LogP contribution in [0.25, 0.3) is 0 Å². The normalized spacial score (nSPS) is 10.4. The van der Waals surface area contributed by atoms with Gasteiger partial charge >= 0.3 is 5.97 Å².